The van der Waals surface area contributed by atoms with Crippen LogP contribution in [0.5, 0.6) is 5.75 Å². The Morgan fingerprint density at radius 2 is 1.62 bits per heavy atom. The summed E-state index contributed by atoms with van der Waals surface area (Å²) in [7, 11) is -2.53. The quantitative estimate of drug-likeness (QED) is 0.251. The van der Waals surface area contributed by atoms with Crippen LogP contribution < -0.4 is 14.4 Å². The van der Waals surface area contributed by atoms with E-state index in [1.807, 2.05) is 32.9 Å². The monoisotopic (exact) mass is 677 g/mol. The average molecular weight is 678 g/mol. The van der Waals surface area contributed by atoms with Crippen LogP contribution in [0.1, 0.15) is 39.2 Å². The maximum absolute atomic E-state index is 14.1. The Labute approximate surface area is 250 Å². The molecule has 0 unspecified atom stereocenters. The summed E-state index contributed by atoms with van der Waals surface area (Å²) in [6.45, 7) is 5.34. The van der Waals surface area contributed by atoms with E-state index in [2.05, 4.69) is 27.9 Å². The van der Waals surface area contributed by atoms with Crippen LogP contribution in [-0.4, -0.2) is 50.9 Å². The van der Waals surface area contributed by atoms with Gasteiger partial charge in [0.2, 0.25) is 11.8 Å². The molecule has 0 saturated heterocycles. The number of ether oxygens (including phenoxy) is 1. The molecule has 2 amide bonds. The molecule has 0 saturated carbocycles. The van der Waals surface area contributed by atoms with Crippen LogP contribution >= 0.6 is 22.6 Å². The third kappa shape index (κ3) is 7.97. The maximum Gasteiger partial charge on any atom is 0.264 e. The fourth-order valence-electron chi connectivity index (χ4n) is 4.18. The van der Waals surface area contributed by atoms with Crippen molar-refractivity contribution in [2.45, 2.75) is 57.1 Å². The van der Waals surface area contributed by atoms with Gasteiger partial charge in [-0.1, -0.05) is 44.2 Å². The number of amides is 2. The maximum atomic E-state index is 14.1. The Balaban J connectivity index is 2.05. The second kappa shape index (κ2) is 14.5. The lowest BCUT2D eigenvalue weighted by Gasteiger charge is -2.33. The number of nitrogens with one attached hydrogen (secondary N) is 1. The standard InChI is InChI=1S/C30H36IN3O5S/c1-5-22(3)32-30(36)28(6-2)33(20-23-11-10-12-26(19-23)39-4)29(35)21-34(25-17-15-24(31)16-18-25)40(37,38)27-13-8-7-9-14-27/h7-19,22,28H,5-6,20-21H2,1-4H3,(H,32,36)/t22-,28+/m0/s1. The van der Waals surface area contributed by atoms with E-state index in [-0.39, 0.29) is 23.4 Å². The fraction of sp³-hybridized carbons (Fsp3) is 0.333. The molecular weight excluding hydrogens is 641 g/mol. The summed E-state index contributed by atoms with van der Waals surface area (Å²) in [6, 6.07) is 21.3. The van der Waals surface area contributed by atoms with E-state index in [0.29, 0.717) is 17.9 Å². The highest BCUT2D eigenvalue weighted by atomic mass is 127. The van der Waals surface area contributed by atoms with Crippen molar-refractivity contribution in [3.63, 3.8) is 0 Å². The molecule has 0 bridgehead atoms. The van der Waals surface area contributed by atoms with Gasteiger partial charge in [-0.15, -0.1) is 0 Å². The van der Waals surface area contributed by atoms with Crippen molar-refractivity contribution in [2.24, 2.45) is 0 Å². The Morgan fingerprint density at radius 3 is 2.23 bits per heavy atom. The molecule has 0 aliphatic carbocycles. The van der Waals surface area contributed by atoms with Crippen LogP contribution in [0.25, 0.3) is 0 Å². The number of sulfonamides is 1. The minimum atomic E-state index is -4.09. The van der Waals surface area contributed by atoms with Crippen LogP contribution in [-0.2, 0) is 26.2 Å². The van der Waals surface area contributed by atoms with Crippen molar-refractivity contribution in [2.75, 3.05) is 18.0 Å². The van der Waals surface area contributed by atoms with Gasteiger partial charge in [0.15, 0.2) is 0 Å². The van der Waals surface area contributed by atoms with Gasteiger partial charge in [0.05, 0.1) is 17.7 Å². The lowest BCUT2D eigenvalue weighted by molar-refractivity contribution is -0.140. The molecule has 0 heterocycles. The third-order valence-electron chi connectivity index (χ3n) is 6.60. The van der Waals surface area contributed by atoms with E-state index < -0.39 is 28.5 Å². The zero-order valence-electron chi connectivity index (χ0n) is 23.2. The second-order valence-electron chi connectivity index (χ2n) is 9.42. The number of hydrogen-bond acceptors (Lipinski definition) is 5. The van der Waals surface area contributed by atoms with Crippen LogP contribution in [0.3, 0.4) is 0 Å². The van der Waals surface area contributed by atoms with Gasteiger partial charge in [-0.3, -0.25) is 13.9 Å². The molecule has 3 aromatic rings. The molecule has 10 heteroatoms. The van der Waals surface area contributed by atoms with Crippen molar-refractivity contribution in [3.05, 3.63) is 88.0 Å². The molecule has 0 radical (unpaired) electrons. The summed E-state index contributed by atoms with van der Waals surface area (Å²) in [5, 5.41) is 2.98. The molecule has 0 aliphatic heterocycles. The molecule has 2 atom stereocenters. The van der Waals surface area contributed by atoms with E-state index in [9.17, 15) is 18.0 Å². The highest BCUT2D eigenvalue weighted by Crippen LogP contribution is 2.26. The molecule has 40 heavy (non-hydrogen) atoms. The lowest BCUT2D eigenvalue weighted by atomic mass is 10.1. The zero-order chi connectivity index (χ0) is 29.3. The molecular formula is C30H36IN3O5S. The van der Waals surface area contributed by atoms with E-state index in [1.54, 1.807) is 61.7 Å². The summed E-state index contributed by atoms with van der Waals surface area (Å²) >= 11 is 2.14. The van der Waals surface area contributed by atoms with E-state index in [0.717, 1.165) is 19.9 Å². The fourth-order valence-corrected chi connectivity index (χ4v) is 5.98. The van der Waals surface area contributed by atoms with Gasteiger partial charge >= 0.3 is 0 Å². The van der Waals surface area contributed by atoms with E-state index in [1.165, 1.54) is 17.0 Å². The Bertz CT molecular complexity index is 1380. The molecule has 0 spiro atoms. The summed E-state index contributed by atoms with van der Waals surface area (Å²) < 4.78 is 35.1. The van der Waals surface area contributed by atoms with Gasteiger partial charge in [0.25, 0.3) is 10.0 Å². The molecule has 214 valence electrons. The molecule has 1 N–H and O–H groups in total. The first kappa shape index (κ1) is 31.4. The van der Waals surface area contributed by atoms with Crippen LogP contribution in [0.4, 0.5) is 5.69 Å². The summed E-state index contributed by atoms with van der Waals surface area (Å²) in [5.74, 6) is -0.152. The number of carbonyl (C=O) groups is 2. The number of anilines is 1. The first-order valence-corrected chi connectivity index (χ1v) is 15.7. The van der Waals surface area contributed by atoms with Crippen molar-refractivity contribution < 1.29 is 22.7 Å². The Kier molecular flexibility index (Phi) is 11.4. The molecule has 0 fully saturated rings. The minimum Gasteiger partial charge on any atom is -0.497 e. The lowest BCUT2D eigenvalue weighted by Crippen LogP contribution is -2.53. The largest absolute Gasteiger partial charge is 0.497 e. The number of carbonyl (C=O) groups excluding carboxylic acids is 2. The number of benzene rings is 3. The van der Waals surface area contributed by atoms with Gasteiger partial charge in [0.1, 0.15) is 18.3 Å². The first-order chi connectivity index (χ1) is 19.1. The first-order valence-electron chi connectivity index (χ1n) is 13.2. The number of halogens is 1. The third-order valence-corrected chi connectivity index (χ3v) is 9.11. The topological polar surface area (TPSA) is 96.0 Å². The highest BCUT2D eigenvalue weighted by molar-refractivity contribution is 14.1. The van der Waals surface area contributed by atoms with Crippen molar-refractivity contribution in [1.82, 2.24) is 10.2 Å². The highest BCUT2D eigenvalue weighted by Gasteiger charge is 2.34. The number of nitrogens with zero attached hydrogens (tertiary/aromatic N) is 2. The van der Waals surface area contributed by atoms with E-state index in [4.69, 9.17) is 4.74 Å². The van der Waals surface area contributed by atoms with E-state index >= 15 is 0 Å². The minimum absolute atomic E-state index is 0.0715. The normalized spacial score (nSPS) is 12.7. The molecule has 8 nitrogen and oxygen atoms in total. The Morgan fingerprint density at radius 1 is 0.950 bits per heavy atom. The van der Waals surface area contributed by atoms with Crippen molar-refractivity contribution in [1.29, 1.82) is 0 Å². The summed E-state index contributed by atoms with van der Waals surface area (Å²) in [5.41, 5.74) is 1.12. The van der Waals surface area contributed by atoms with Crippen LogP contribution in [0.2, 0.25) is 0 Å². The van der Waals surface area contributed by atoms with Crippen molar-refractivity contribution in [3.8, 4) is 5.75 Å². The SMILES string of the molecule is CC[C@H](C(=O)N[C@@H](C)CC)N(Cc1cccc(OC)c1)C(=O)CN(c1ccc(I)cc1)S(=O)(=O)c1ccccc1. The molecule has 0 aromatic heterocycles. The molecule has 3 rings (SSSR count). The number of methoxy groups -OCH3 is 1. The molecule has 3 aromatic carbocycles. The van der Waals surface area contributed by atoms with Crippen LogP contribution in [0.15, 0.2) is 83.8 Å². The van der Waals surface area contributed by atoms with Crippen LogP contribution in [0, 0.1) is 3.57 Å². The average Bonchev–Trinajstić information content (AvgIpc) is 2.96. The predicted octanol–water partition coefficient (Wildman–Crippen LogP) is 5.22. The second-order valence-corrected chi connectivity index (χ2v) is 12.5. The number of hydrogen-bond donors (Lipinski definition) is 1. The molecule has 0 aliphatic rings. The number of rotatable bonds is 13. The van der Waals surface area contributed by atoms with Gasteiger partial charge in [0, 0.05) is 16.2 Å². The summed E-state index contributed by atoms with van der Waals surface area (Å²) in [4.78, 5) is 29.0. The van der Waals surface area contributed by atoms with Gasteiger partial charge in [-0.2, -0.15) is 0 Å². The van der Waals surface area contributed by atoms with Gasteiger partial charge in [-0.05, 0) is 96.5 Å². The van der Waals surface area contributed by atoms with Gasteiger partial charge < -0.3 is 15.0 Å². The predicted molar refractivity (Wildman–Crippen MR) is 166 cm³/mol. The Hall–Kier alpha value is -3.12. The smallest absolute Gasteiger partial charge is 0.264 e. The van der Waals surface area contributed by atoms with Crippen molar-refractivity contribution >= 4 is 50.1 Å². The zero-order valence-corrected chi connectivity index (χ0v) is 26.2. The van der Waals surface area contributed by atoms with Gasteiger partial charge in [-0.25, -0.2) is 8.42 Å². The summed E-state index contributed by atoms with van der Waals surface area (Å²) in [6.07, 6.45) is 1.09.